The van der Waals surface area contributed by atoms with Crippen LogP contribution in [0.2, 0.25) is 0 Å². The van der Waals surface area contributed by atoms with E-state index in [4.69, 9.17) is 9.47 Å². The lowest BCUT2D eigenvalue weighted by Crippen LogP contribution is -2.29. The minimum absolute atomic E-state index is 0.0822. The maximum atomic E-state index is 10.7. The molecule has 1 aliphatic carbocycles. The second kappa shape index (κ2) is 2.59. The summed E-state index contributed by atoms with van der Waals surface area (Å²) in [6, 6.07) is 0. The molecule has 2 aliphatic rings. The molecular formula is C9H12O3. The van der Waals surface area contributed by atoms with Gasteiger partial charge in [0.15, 0.2) is 0 Å². The maximum absolute atomic E-state index is 10.7. The highest BCUT2D eigenvalue weighted by atomic mass is 16.6. The summed E-state index contributed by atoms with van der Waals surface area (Å²) < 4.78 is 10.5. The van der Waals surface area contributed by atoms with Crippen LogP contribution in [0.15, 0.2) is 12.2 Å². The monoisotopic (exact) mass is 168 g/mol. The minimum atomic E-state index is -0.228. The Kier molecular flexibility index (Phi) is 1.68. The van der Waals surface area contributed by atoms with Crippen molar-refractivity contribution in [3.63, 3.8) is 0 Å². The Balaban J connectivity index is 2.01. The van der Waals surface area contributed by atoms with Gasteiger partial charge in [-0.1, -0.05) is 6.58 Å². The molecule has 2 fully saturated rings. The van der Waals surface area contributed by atoms with Crippen LogP contribution in [0.3, 0.4) is 0 Å². The highest BCUT2D eigenvalue weighted by Gasteiger charge is 2.50. The molecule has 0 amide bonds. The molecule has 3 heteroatoms. The van der Waals surface area contributed by atoms with Crippen LogP contribution in [0.1, 0.15) is 13.3 Å². The lowest BCUT2D eigenvalue weighted by Gasteiger charge is -2.23. The molecule has 0 aromatic heterocycles. The van der Waals surface area contributed by atoms with Crippen LogP contribution >= 0.6 is 0 Å². The average molecular weight is 168 g/mol. The van der Waals surface area contributed by atoms with Crippen LogP contribution in [-0.2, 0) is 14.3 Å². The normalized spacial score (nSPS) is 38.8. The molecule has 1 saturated carbocycles. The number of hydrogen-bond acceptors (Lipinski definition) is 3. The van der Waals surface area contributed by atoms with E-state index < -0.39 is 0 Å². The van der Waals surface area contributed by atoms with Crippen LogP contribution < -0.4 is 0 Å². The first-order valence-corrected chi connectivity index (χ1v) is 4.15. The molecule has 0 spiro atoms. The predicted octanol–water partition coefficient (Wildman–Crippen LogP) is 0.893. The highest BCUT2D eigenvalue weighted by molar-refractivity contribution is 5.66. The number of ether oxygens (including phenoxy) is 2. The van der Waals surface area contributed by atoms with Crippen molar-refractivity contribution in [2.75, 3.05) is 6.61 Å². The summed E-state index contributed by atoms with van der Waals surface area (Å²) >= 11 is 0. The van der Waals surface area contributed by atoms with E-state index in [1.165, 1.54) is 6.92 Å². The molecule has 2 rings (SSSR count). The molecule has 0 radical (unpaired) electrons. The third-order valence-corrected chi connectivity index (χ3v) is 2.35. The van der Waals surface area contributed by atoms with E-state index in [2.05, 4.69) is 6.58 Å². The molecule has 0 bridgehead atoms. The summed E-state index contributed by atoms with van der Waals surface area (Å²) in [5.74, 6) is 0.156. The van der Waals surface area contributed by atoms with Gasteiger partial charge in [0.05, 0.1) is 12.7 Å². The van der Waals surface area contributed by atoms with Gasteiger partial charge in [0.25, 0.3) is 0 Å². The van der Waals surface area contributed by atoms with E-state index in [0.29, 0.717) is 18.6 Å². The van der Waals surface area contributed by atoms with Crippen LogP contribution in [0.25, 0.3) is 0 Å². The van der Waals surface area contributed by atoms with Gasteiger partial charge in [0, 0.05) is 12.8 Å². The van der Waals surface area contributed by atoms with Gasteiger partial charge in [0.1, 0.15) is 6.10 Å². The standard InChI is InChI=1S/C9H12O3/c1-5-4-11-8-3-7(8)9(5)12-6(2)10/h7-9H,1,3-4H2,2H3/t7?,8?,9-/m0/s1. The largest absolute Gasteiger partial charge is 0.458 e. The third-order valence-electron chi connectivity index (χ3n) is 2.35. The fraction of sp³-hybridized carbons (Fsp3) is 0.667. The highest BCUT2D eigenvalue weighted by Crippen LogP contribution is 2.44. The van der Waals surface area contributed by atoms with E-state index in [9.17, 15) is 4.79 Å². The van der Waals surface area contributed by atoms with Crippen molar-refractivity contribution >= 4 is 5.97 Å². The molecule has 2 unspecified atom stereocenters. The van der Waals surface area contributed by atoms with Crippen LogP contribution in [0, 0.1) is 5.92 Å². The second-order valence-electron chi connectivity index (χ2n) is 3.44. The first kappa shape index (κ1) is 7.80. The fourth-order valence-corrected chi connectivity index (χ4v) is 1.65. The molecule has 12 heavy (non-hydrogen) atoms. The van der Waals surface area contributed by atoms with Gasteiger partial charge >= 0.3 is 5.97 Å². The van der Waals surface area contributed by atoms with E-state index in [1.54, 1.807) is 0 Å². The van der Waals surface area contributed by atoms with E-state index in [1.807, 2.05) is 0 Å². The van der Waals surface area contributed by atoms with Crippen molar-refractivity contribution in [2.24, 2.45) is 5.92 Å². The minimum Gasteiger partial charge on any atom is -0.458 e. The second-order valence-corrected chi connectivity index (χ2v) is 3.44. The first-order valence-electron chi connectivity index (χ1n) is 4.15. The molecule has 0 N–H and O–H groups in total. The molecule has 0 aromatic carbocycles. The Hall–Kier alpha value is -0.830. The number of carbonyl (C=O) groups is 1. The van der Waals surface area contributed by atoms with Crippen LogP contribution in [0.5, 0.6) is 0 Å². The number of hydrogen-bond donors (Lipinski definition) is 0. The SMILES string of the molecule is C=C1COC2CC2[C@H]1OC(C)=O. The lowest BCUT2D eigenvalue weighted by atomic mass is 10.1. The van der Waals surface area contributed by atoms with Gasteiger partial charge in [-0.3, -0.25) is 4.79 Å². The van der Waals surface area contributed by atoms with E-state index in [0.717, 1.165) is 12.0 Å². The average Bonchev–Trinajstić information content (AvgIpc) is 2.73. The van der Waals surface area contributed by atoms with Gasteiger partial charge in [-0.25, -0.2) is 0 Å². The van der Waals surface area contributed by atoms with Crippen molar-refractivity contribution in [2.45, 2.75) is 25.6 Å². The van der Waals surface area contributed by atoms with Crippen molar-refractivity contribution in [1.29, 1.82) is 0 Å². The van der Waals surface area contributed by atoms with Gasteiger partial charge in [-0.05, 0) is 12.0 Å². The van der Waals surface area contributed by atoms with Crippen molar-refractivity contribution in [1.82, 2.24) is 0 Å². The van der Waals surface area contributed by atoms with Gasteiger partial charge in [-0.15, -0.1) is 0 Å². The predicted molar refractivity (Wildman–Crippen MR) is 42.5 cm³/mol. The molecule has 0 aromatic rings. The molecule has 3 nitrogen and oxygen atoms in total. The van der Waals surface area contributed by atoms with Gasteiger partial charge < -0.3 is 9.47 Å². The summed E-state index contributed by atoms with van der Waals surface area (Å²) in [4.78, 5) is 10.7. The number of carbonyl (C=O) groups excluding carboxylic acids is 1. The Morgan fingerprint density at radius 2 is 2.50 bits per heavy atom. The van der Waals surface area contributed by atoms with E-state index in [-0.39, 0.29) is 12.1 Å². The zero-order chi connectivity index (χ0) is 8.72. The van der Waals surface area contributed by atoms with Gasteiger partial charge in [-0.2, -0.15) is 0 Å². The molecule has 1 aliphatic heterocycles. The quantitative estimate of drug-likeness (QED) is 0.431. The topological polar surface area (TPSA) is 35.5 Å². The molecule has 1 saturated heterocycles. The number of rotatable bonds is 1. The van der Waals surface area contributed by atoms with Crippen molar-refractivity contribution < 1.29 is 14.3 Å². The lowest BCUT2D eigenvalue weighted by molar-refractivity contribution is -0.147. The Morgan fingerprint density at radius 1 is 1.75 bits per heavy atom. The first-order chi connectivity index (χ1) is 5.68. The van der Waals surface area contributed by atoms with Crippen LogP contribution in [-0.4, -0.2) is 24.8 Å². The maximum Gasteiger partial charge on any atom is 0.303 e. The summed E-state index contributed by atoms with van der Waals surface area (Å²) in [6.45, 7) is 5.79. The molecule has 66 valence electrons. The smallest absolute Gasteiger partial charge is 0.303 e. The zero-order valence-electron chi connectivity index (χ0n) is 7.08. The fourth-order valence-electron chi connectivity index (χ4n) is 1.65. The molecular weight excluding hydrogens is 156 g/mol. The Bertz CT molecular complexity index is 234. The van der Waals surface area contributed by atoms with Gasteiger partial charge in [0.2, 0.25) is 0 Å². The Labute approximate surface area is 71.3 Å². The van der Waals surface area contributed by atoms with Crippen molar-refractivity contribution in [3.05, 3.63) is 12.2 Å². The summed E-state index contributed by atoms with van der Waals surface area (Å²) in [5, 5.41) is 0. The molecule has 3 atom stereocenters. The summed E-state index contributed by atoms with van der Waals surface area (Å²) in [5.41, 5.74) is 0.893. The van der Waals surface area contributed by atoms with Crippen molar-refractivity contribution in [3.8, 4) is 0 Å². The summed E-state index contributed by atoms with van der Waals surface area (Å²) in [7, 11) is 0. The van der Waals surface area contributed by atoms with Crippen LogP contribution in [0.4, 0.5) is 0 Å². The summed E-state index contributed by atoms with van der Waals surface area (Å²) in [6.07, 6.45) is 1.25. The van der Waals surface area contributed by atoms with E-state index >= 15 is 0 Å². The Morgan fingerprint density at radius 3 is 3.17 bits per heavy atom. The number of esters is 1. The third kappa shape index (κ3) is 1.25. The zero-order valence-corrected chi connectivity index (χ0v) is 7.08. The molecule has 1 heterocycles. The number of fused-ring (bicyclic) bond motifs is 1.